The third-order valence-corrected chi connectivity index (χ3v) is 7.14. The fourth-order valence-electron chi connectivity index (χ4n) is 5.10. The first-order valence-electron chi connectivity index (χ1n) is 12.0. The molecule has 5 rings (SSSR count). The SMILES string of the molecule is CC(C)n1cc(-c2cc3c(N4CCN(C(=O)C5CCC(C#N)CC5)CC4)ccnc3[nH]2)cn1. The van der Waals surface area contributed by atoms with Crippen molar-refractivity contribution in [1.29, 1.82) is 5.26 Å². The van der Waals surface area contributed by atoms with Gasteiger partial charge in [-0.15, -0.1) is 0 Å². The third kappa shape index (κ3) is 4.20. The van der Waals surface area contributed by atoms with Gasteiger partial charge in [-0.05, 0) is 51.7 Å². The summed E-state index contributed by atoms with van der Waals surface area (Å²) in [5.74, 6) is 0.496. The standard InChI is InChI=1S/C25H31N7O/c1-17(2)32-16-20(15-28-32)22-13-21-23(7-8-27-24(21)29-22)30-9-11-31(12-10-30)25(33)19-5-3-18(14-26)4-6-19/h7-8,13,15-19H,3-6,9-12H2,1-2H3,(H,27,29). The molecule has 1 amide bonds. The fraction of sp³-hybridized carbons (Fsp3) is 0.520. The molecule has 1 saturated carbocycles. The Hall–Kier alpha value is -3.34. The molecule has 2 fully saturated rings. The van der Waals surface area contributed by atoms with Crippen LogP contribution in [0.15, 0.2) is 30.7 Å². The summed E-state index contributed by atoms with van der Waals surface area (Å²) in [4.78, 5) is 25.4. The number of H-pyrrole nitrogens is 1. The Morgan fingerprint density at radius 3 is 2.61 bits per heavy atom. The molecule has 1 saturated heterocycles. The molecule has 0 aromatic carbocycles. The van der Waals surface area contributed by atoms with Crippen molar-refractivity contribution in [3.05, 3.63) is 30.7 Å². The van der Waals surface area contributed by atoms with E-state index >= 15 is 0 Å². The number of amides is 1. The van der Waals surface area contributed by atoms with Gasteiger partial charge in [0.1, 0.15) is 5.65 Å². The number of fused-ring (bicyclic) bond motifs is 1. The molecule has 1 aliphatic heterocycles. The summed E-state index contributed by atoms with van der Waals surface area (Å²) in [6.07, 6.45) is 9.20. The first kappa shape index (κ1) is 21.5. The number of carbonyl (C=O) groups excluding carboxylic acids is 1. The minimum Gasteiger partial charge on any atom is -0.367 e. The zero-order valence-electron chi connectivity index (χ0n) is 19.4. The molecule has 0 bridgehead atoms. The second kappa shape index (κ2) is 8.89. The van der Waals surface area contributed by atoms with Crippen molar-refractivity contribution < 1.29 is 4.79 Å². The predicted molar refractivity (Wildman–Crippen MR) is 128 cm³/mol. The van der Waals surface area contributed by atoms with E-state index in [9.17, 15) is 4.79 Å². The zero-order chi connectivity index (χ0) is 22.9. The molecule has 0 unspecified atom stereocenters. The highest BCUT2D eigenvalue weighted by Crippen LogP contribution is 2.32. The summed E-state index contributed by atoms with van der Waals surface area (Å²) in [6.45, 7) is 7.32. The number of anilines is 1. The summed E-state index contributed by atoms with van der Waals surface area (Å²) in [6, 6.07) is 6.90. The highest BCUT2D eigenvalue weighted by Gasteiger charge is 2.31. The largest absolute Gasteiger partial charge is 0.367 e. The van der Waals surface area contributed by atoms with Gasteiger partial charge in [0.05, 0.1) is 18.0 Å². The number of rotatable bonds is 4. The number of nitrogens with one attached hydrogen (secondary N) is 1. The molecule has 1 aliphatic carbocycles. The lowest BCUT2D eigenvalue weighted by atomic mass is 9.82. The topological polar surface area (TPSA) is 93.8 Å². The highest BCUT2D eigenvalue weighted by atomic mass is 16.2. The average Bonchev–Trinajstić information content (AvgIpc) is 3.51. The van der Waals surface area contributed by atoms with E-state index in [4.69, 9.17) is 5.26 Å². The zero-order valence-corrected chi connectivity index (χ0v) is 19.4. The Morgan fingerprint density at radius 1 is 1.18 bits per heavy atom. The third-order valence-electron chi connectivity index (χ3n) is 7.14. The summed E-state index contributed by atoms with van der Waals surface area (Å²) < 4.78 is 1.96. The van der Waals surface area contributed by atoms with Crippen molar-refractivity contribution in [2.24, 2.45) is 11.8 Å². The van der Waals surface area contributed by atoms with Crippen LogP contribution in [0.25, 0.3) is 22.3 Å². The van der Waals surface area contributed by atoms with Crippen LogP contribution < -0.4 is 4.90 Å². The van der Waals surface area contributed by atoms with Crippen LogP contribution in [0.1, 0.15) is 45.6 Å². The molecule has 1 N–H and O–H groups in total. The molecule has 0 radical (unpaired) electrons. The summed E-state index contributed by atoms with van der Waals surface area (Å²) >= 11 is 0. The number of aromatic amines is 1. The Bertz CT molecular complexity index is 1170. The number of hydrogen-bond donors (Lipinski definition) is 1. The number of pyridine rings is 1. The quantitative estimate of drug-likeness (QED) is 0.655. The number of carbonyl (C=O) groups is 1. The molecule has 8 nitrogen and oxygen atoms in total. The lowest BCUT2D eigenvalue weighted by molar-refractivity contribution is -0.137. The summed E-state index contributed by atoms with van der Waals surface area (Å²) in [7, 11) is 0. The monoisotopic (exact) mass is 445 g/mol. The van der Waals surface area contributed by atoms with Crippen LogP contribution >= 0.6 is 0 Å². The second-order valence-electron chi connectivity index (χ2n) is 9.57. The van der Waals surface area contributed by atoms with Crippen molar-refractivity contribution in [3.8, 4) is 17.3 Å². The first-order valence-corrected chi connectivity index (χ1v) is 12.0. The lowest BCUT2D eigenvalue weighted by Gasteiger charge is -2.38. The van der Waals surface area contributed by atoms with E-state index in [-0.39, 0.29) is 17.7 Å². The molecule has 0 atom stereocenters. The number of nitrogens with zero attached hydrogens (tertiary/aromatic N) is 6. The first-order chi connectivity index (χ1) is 16.0. The molecule has 33 heavy (non-hydrogen) atoms. The van der Waals surface area contributed by atoms with Crippen molar-refractivity contribution in [2.45, 2.75) is 45.6 Å². The van der Waals surface area contributed by atoms with Crippen LogP contribution in [-0.2, 0) is 4.79 Å². The van der Waals surface area contributed by atoms with E-state index in [2.05, 4.69) is 58.2 Å². The van der Waals surface area contributed by atoms with Gasteiger partial charge in [0, 0.05) is 73.1 Å². The minimum absolute atomic E-state index is 0.0905. The van der Waals surface area contributed by atoms with E-state index in [1.807, 2.05) is 22.0 Å². The number of hydrogen-bond acceptors (Lipinski definition) is 5. The maximum absolute atomic E-state index is 13.0. The Morgan fingerprint density at radius 2 is 1.94 bits per heavy atom. The smallest absolute Gasteiger partial charge is 0.225 e. The van der Waals surface area contributed by atoms with Crippen LogP contribution in [0, 0.1) is 23.2 Å². The number of nitriles is 1. The van der Waals surface area contributed by atoms with Gasteiger partial charge in [0.15, 0.2) is 0 Å². The van der Waals surface area contributed by atoms with Crippen LogP contribution in [-0.4, -0.2) is 56.7 Å². The van der Waals surface area contributed by atoms with Gasteiger partial charge in [0.25, 0.3) is 0 Å². The van der Waals surface area contributed by atoms with E-state index in [0.717, 1.165) is 79.8 Å². The Kier molecular flexibility index (Phi) is 5.79. The van der Waals surface area contributed by atoms with E-state index in [1.54, 1.807) is 0 Å². The van der Waals surface area contributed by atoms with Gasteiger partial charge in [-0.1, -0.05) is 0 Å². The number of aromatic nitrogens is 4. The molecule has 172 valence electrons. The fourth-order valence-corrected chi connectivity index (χ4v) is 5.10. The van der Waals surface area contributed by atoms with Gasteiger partial charge < -0.3 is 14.8 Å². The second-order valence-corrected chi connectivity index (χ2v) is 9.57. The van der Waals surface area contributed by atoms with Gasteiger partial charge in [-0.25, -0.2) is 4.98 Å². The highest BCUT2D eigenvalue weighted by molar-refractivity contribution is 5.93. The normalized spacial score (nSPS) is 21.5. The molecule has 4 heterocycles. The van der Waals surface area contributed by atoms with E-state index < -0.39 is 0 Å². The number of piperazine rings is 1. The maximum atomic E-state index is 13.0. The molecular weight excluding hydrogens is 414 g/mol. The van der Waals surface area contributed by atoms with Crippen molar-refractivity contribution in [1.82, 2.24) is 24.6 Å². The van der Waals surface area contributed by atoms with Gasteiger partial charge in [0.2, 0.25) is 5.91 Å². The molecular formula is C25H31N7O. The lowest BCUT2D eigenvalue weighted by Crippen LogP contribution is -2.50. The van der Waals surface area contributed by atoms with Crippen LogP contribution in [0.2, 0.25) is 0 Å². The Labute approximate surface area is 194 Å². The molecule has 8 heteroatoms. The summed E-state index contributed by atoms with van der Waals surface area (Å²) in [5, 5.41) is 14.7. The van der Waals surface area contributed by atoms with Gasteiger partial charge >= 0.3 is 0 Å². The van der Waals surface area contributed by atoms with Gasteiger partial charge in [-0.3, -0.25) is 9.48 Å². The maximum Gasteiger partial charge on any atom is 0.225 e. The van der Waals surface area contributed by atoms with Crippen LogP contribution in [0.4, 0.5) is 5.69 Å². The minimum atomic E-state index is 0.0905. The Balaban J connectivity index is 1.28. The predicted octanol–water partition coefficient (Wildman–Crippen LogP) is 3.99. The van der Waals surface area contributed by atoms with Crippen molar-refractivity contribution >= 4 is 22.6 Å². The van der Waals surface area contributed by atoms with Crippen LogP contribution in [0.3, 0.4) is 0 Å². The van der Waals surface area contributed by atoms with Crippen LogP contribution in [0.5, 0.6) is 0 Å². The van der Waals surface area contributed by atoms with E-state index in [1.165, 1.54) is 0 Å². The molecule has 3 aromatic rings. The molecule has 2 aliphatic rings. The summed E-state index contributed by atoms with van der Waals surface area (Å²) in [5.41, 5.74) is 4.08. The van der Waals surface area contributed by atoms with Crippen molar-refractivity contribution in [2.75, 3.05) is 31.1 Å². The van der Waals surface area contributed by atoms with Gasteiger partial charge in [-0.2, -0.15) is 10.4 Å². The average molecular weight is 446 g/mol. The molecule has 0 spiro atoms. The van der Waals surface area contributed by atoms with Crippen molar-refractivity contribution in [3.63, 3.8) is 0 Å². The molecule has 3 aromatic heterocycles. The van der Waals surface area contributed by atoms with E-state index in [0.29, 0.717) is 6.04 Å².